The van der Waals surface area contributed by atoms with Gasteiger partial charge in [-0.2, -0.15) is 0 Å². The Hall–Kier alpha value is -2.44. The van der Waals surface area contributed by atoms with Crippen LogP contribution in [0.5, 0.6) is 0 Å². The minimum Gasteiger partial charge on any atom is -0.359 e. The molecule has 144 valence electrons. The highest BCUT2D eigenvalue weighted by atomic mass is 19.2. The Labute approximate surface area is 155 Å². The monoisotopic (exact) mass is 375 g/mol. The van der Waals surface area contributed by atoms with E-state index in [0.717, 1.165) is 18.6 Å². The lowest BCUT2D eigenvalue weighted by molar-refractivity contribution is -0.136. The summed E-state index contributed by atoms with van der Waals surface area (Å²) in [4.78, 5) is 26.9. The molecular formula is C20H23F2N3O2. The molecule has 0 radical (unpaired) electrons. The van der Waals surface area contributed by atoms with Crippen LogP contribution < -0.4 is 10.6 Å². The summed E-state index contributed by atoms with van der Waals surface area (Å²) in [7, 11) is 0. The van der Waals surface area contributed by atoms with Crippen molar-refractivity contribution in [2.45, 2.75) is 44.9 Å². The molecule has 27 heavy (non-hydrogen) atoms. The molecule has 1 heterocycles. The summed E-state index contributed by atoms with van der Waals surface area (Å²) in [5.41, 5.74) is 1.10. The third-order valence-electron chi connectivity index (χ3n) is 6.16. The molecule has 2 aromatic rings. The Morgan fingerprint density at radius 2 is 1.85 bits per heavy atom. The maximum absolute atomic E-state index is 13.4. The Bertz CT molecular complexity index is 887. The number of halogens is 2. The van der Waals surface area contributed by atoms with Gasteiger partial charge in [-0.1, -0.05) is 19.3 Å². The smallest absolute Gasteiger partial charge is 0.313 e. The van der Waals surface area contributed by atoms with Crippen molar-refractivity contribution in [2.24, 2.45) is 11.3 Å². The van der Waals surface area contributed by atoms with Crippen molar-refractivity contribution < 1.29 is 18.4 Å². The van der Waals surface area contributed by atoms with Crippen LogP contribution in [0.2, 0.25) is 0 Å². The van der Waals surface area contributed by atoms with Crippen molar-refractivity contribution >= 4 is 28.4 Å². The molecule has 1 spiro atoms. The third kappa shape index (κ3) is 3.55. The number of amides is 2. The first-order chi connectivity index (χ1) is 13.0. The lowest BCUT2D eigenvalue weighted by atomic mass is 9.84. The highest BCUT2D eigenvalue weighted by Gasteiger charge is 2.52. The van der Waals surface area contributed by atoms with Crippen molar-refractivity contribution in [2.75, 3.05) is 11.9 Å². The molecule has 3 N–H and O–H groups in total. The molecule has 7 heteroatoms. The molecule has 1 aromatic carbocycles. The normalized spacial score (nSPS) is 20.6. The van der Waals surface area contributed by atoms with E-state index in [1.54, 1.807) is 0 Å². The zero-order valence-electron chi connectivity index (χ0n) is 15.0. The first-order valence-electron chi connectivity index (χ1n) is 9.54. The number of anilines is 1. The van der Waals surface area contributed by atoms with Gasteiger partial charge in [0.2, 0.25) is 0 Å². The summed E-state index contributed by atoms with van der Waals surface area (Å²) in [6.45, 7) is 0.479. The van der Waals surface area contributed by atoms with Crippen LogP contribution in [0.4, 0.5) is 14.5 Å². The number of benzene rings is 1. The van der Waals surface area contributed by atoms with Gasteiger partial charge >= 0.3 is 11.8 Å². The predicted octanol–water partition coefficient (Wildman–Crippen LogP) is 3.86. The predicted molar refractivity (Wildman–Crippen MR) is 98.1 cm³/mol. The van der Waals surface area contributed by atoms with E-state index in [0.29, 0.717) is 28.8 Å². The second-order valence-electron chi connectivity index (χ2n) is 7.84. The zero-order chi connectivity index (χ0) is 19.0. The number of hydrogen-bond donors (Lipinski definition) is 3. The van der Waals surface area contributed by atoms with Gasteiger partial charge in [0.05, 0.1) is 11.2 Å². The zero-order valence-corrected chi connectivity index (χ0v) is 15.0. The van der Waals surface area contributed by atoms with Crippen molar-refractivity contribution in [1.29, 1.82) is 0 Å². The average Bonchev–Trinajstić information content (AvgIpc) is 3.17. The summed E-state index contributed by atoms with van der Waals surface area (Å²) in [6.07, 6.45) is 10.1. The van der Waals surface area contributed by atoms with E-state index in [1.165, 1.54) is 44.7 Å². The Morgan fingerprint density at radius 1 is 1.11 bits per heavy atom. The molecule has 2 saturated carbocycles. The van der Waals surface area contributed by atoms with E-state index in [-0.39, 0.29) is 5.69 Å². The van der Waals surface area contributed by atoms with Gasteiger partial charge in [-0.3, -0.25) is 9.59 Å². The minimum absolute atomic E-state index is 0.243. The number of fused-ring (bicyclic) bond motifs is 1. The van der Waals surface area contributed by atoms with Gasteiger partial charge in [0.15, 0.2) is 11.6 Å². The molecule has 4 rings (SSSR count). The molecule has 0 bridgehead atoms. The SMILES string of the molecule is O=C(NCC[C@@H]1CC12CCCCC2)C(=O)Nc1c[nH]c2cc(F)c(F)cc12. The van der Waals surface area contributed by atoms with E-state index in [1.807, 2.05) is 0 Å². The number of rotatable bonds is 4. The summed E-state index contributed by atoms with van der Waals surface area (Å²) in [6, 6.07) is 2.00. The molecule has 0 saturated heterocycles. The van der Waals surface area contributed by atoms with Crippen LogP contribution >= 0.6 is 0 Å². The molecule has 1 aromatic heterocycles. The summed E-state index contributed by atoms with van der Waals surface area (Å²) >= 11 is 0. The van der Waals surface area contributed by atoms with Crippen molar-refractivity contribution in [3.05, 3.63) is 30.0 Å². The number of carbonyl (C=O) groups is 2. The lowest BCUT2D eigenvalue weighted by Gasteiger charge is -2.22. The fourth-order valence-electron chi connectivity index (χ4n) is 4.55. The van der Waals surface area contributed by atoms with Crippen molar-refractivity contribution in [3.63, 3.8) is 0 Å². The van der Waals surface area contributed by atoms with E-state index < -0.39 is 23.4 Å². The maximum atomic E-state index is 13.4. The van der Waals surface area contributed by atoms with Gasteiger partial charge in [0.1, 0.15) is 0 Å². The molecule has 2 aliphatic carbocycles. The number of carbonyl (C=O) groups excluding carboxylic acids is 2. The van der Waals surface area contributed by atoms with Crippen LogP contribution in [-0.4, -0.2) is 23.3 Å². The van der Waals surface area contributed by atoms with Gasteiger partial charge in [0.25, 0.3) is 0 Å². The lowest BCUT2D eigenvalue weighted by Crippen LogP contribution is -2.36. The average molecular weight is 375 g/mol. The van der Waals surface area contributed by atoms with Crippen LogP contribution in [0.25, 0.3) is 10.9 Å². The highest BCUT2D eigenvalue weighted by molar-refractivity contribution is 6.40. The third-order valence-corrected chi connectivity index (χ3v) is 6.16. The van der Waals surface area contributed by atoms with Gasteiger partial charge in [0, 0.05) is 24.2 Å². The molecule has 5 nitrogen and oxygen atoms in total. The number of H-pyrrole nitrogens is 1. The number of hydrogen-bond acceptors (Lipinski definition) is 2. The molecule has 1 atom stereocenters. The minimum atomic E-state index is -1.01. The molecule has 2 fully saturated rings. The van der Waals surface area contributed by atoms with Gasteiger partial charge in [-0.05, 0) is 43.1 Å². The van der Waals surface area contributed by atoms with Crippen molar-refractivity contribution in [3.8, 4) is 0 Å². The molecule has 0 unspecified atom stereocenters. The van der Waals surface area contributed by atoms with E-state index in [4.69, 9.17) is 0 Å². The molecule has 2 aliphatic rings. The molecular weight excluding hydrogens is 352 g/mol. The Balaban J connectivity index is 1.28. The Morgan fingerprint density at radius 3 is 2.63 bits per heavy atom. The molecule has 2 amide bonds. The topological polar surface area (TPSA) is 74.0 Å². The largest absolute Gasteiger partial charge is 0.359 e. The summed E-state index contributed by atoms with van der Waals surface area (Å²) in [5.74, 6) is -2.86. The van der Waals surface area contributed by atoms with Crippen LogP contribution in [0.15, 0.2) is 18.3 Å². The first-order valence-corrected chi connectivity index (χ1v) is 9.54. The van der Waals surface area contributed by atoms with Crippen LogP contribution in [0.3, 0.4) is 0 Å². The Kier molecular flexibility index (Phi) is 4.61. The van der Waals surface area contributed by atoms with Crippen LogP contribution in [0, 0.1) is 23.0 Å². The summed E-state index contributed by atoms with van der Waals surface area (Å²) < 4.78 is 26.7. The highest BCUT2D eigenvalue weighted by Crippen LogP contribution is 2.62. The summed E-state index contributed by atoms with van der Waals surface area (Å²) in [5, 5.41) is 5.42. The van der Waals surface area contributed by atoms with Gasteiger partial charge < -0.3 is 15.6 Å². The van der Waals surface area contributed by atoms with E-state index in [9.17, 15) is 18.4 Å². The quantitative estimate of drug-likeness (QED) is 0.710. The number of aromatic amines is 1. The van der Waals surface area contributed by atoms with E-state index >= 15 is 0 Å². The van der Waals surface area contributed by atoms with Crippen LogP contribution in [0.1, 0.15) is 44.9 Å². The maximum Gasteiger partial charge on any atom is 0.313 e. The van der Waals surface area contributed by atoms with Gasteiger partial charge in [-0.25, -0.2) is 8.78 Å². The fourth-order valence-corrected chi connectivity index (χ4v) is 4.55. The van der Waals surface area contributed by atoms with E-state index in [2.05, 4.69) is 15.6 Å². The molecule has 0 aliphatic heterocycles. The number of nitrogens with one attached hydrogen (secondary N) is 3. The first kappa shape index (κ1) is 17.9. The fraction of sp³-hybridized carbons (Fsp3) is 0.500. The van der Waals surface area contributed by atoms with Crippen LogP contribution in [-0.2, 0) is 9.59 Å². The van der Waals surface area contributed by atoms with Gasteiger partial charge in [-0.15, -0.1) is 0 Å². The second kappa shape index (κ2) is 6.94. The number of aromatic nitrogens is 1. The standard InChI is InChI=1S/C20H23F2N3O2/c21-14-8-13-16(9-15(14)22)24-11-17(13)25-19(27)18(26)23-7-4-12-10-20(12)5-2-1-3-6-20/h8-9,11-12,24H,1-7,10H2,(H,23,26)(H,25,27)/t12-/m1/s1. The van der Waals surface area contributed by atoms with Crippen molar-refractivity contribution in [1.82, 2.24) is 10.3 Å². The second-order valence-corrected chi connectivity index (χ2v) is 7.84.